The van der Waals surface area contributed by atoms with Gasteiger partial charge in [-0.25, -0.2) is 18.7 Å². The molecule has 4 aliphatic heterocycles. The van der Waals surface area contributed by atoms with E-state index in [4.69, 9.17) is 39.3 Å². The summed E-state index contributed by atoms with van der Waals surface area (Å²) in [6, 6.07) is 13.9. The SMILES string of the molecule is c1nn(C2CCCCO2)cc1-c1cc(-c2cnn(C3CCCCO3)c2)c2ccc3c(-c4cnn(C5CCCCO5)c4)cc(-c4cnn(C5CCCCO5)c4)c4ccc1c2c43. The van der Waals surface area contributed by atoms with Crippen molar-refractivity contribution in [1.29, 1.82) is 0 Å². The Bertz CT molecular complexity index is 2420. The Morgan fingerprint density at radius 2 is 0.633 bits per heavy atom. The Morgan fingerprint density at radius 3 is 0.867 bits per heavy atom. The summed E-state index contributed by atoms with van der Waals surface area (Å²) >= 11 is 0. The van der Waals surface area contributed by atoms with Crippen molar-refractivity contribution in [3.05, 3.63) is 86.0 Å². The maximum Gasteiger partial charge on any atom is 0.150 e. The fourth-order valence-corrected chi connectivity index (χ4v) is 10.2. The van der Waals surface area contributed by atoms with E-state index in [1.54, 1.807) is 0 Å². The molecule has 4 atom stereocenters. The summed E-state index contributed by atoms with van der Waals surface area (Å²) in [5.41, 5.74) is 8.78. The average Bonchev–Trinajstić information content (AvgIpc) is 4.17. The van der Waals surface area contributed by atoms with Gasteiger partial charge in [0.25, 0.3) is 0 Å². The van der Waals surface area contributed by atoms with E-state index in [1.807, 2.05) is 43.5 Å². The lowest BCUT2D eigenvalue weighted by molar-refractivity contribution is -0.0395. The van der Waals surface area contributed by atoms with Crippen molar-refractivity contribution in [2.24, 2.45) is 0 Å². The van der Waals surface area contributed by atoms with Gasteiger partial charge in [-0.05, 0) is 144 Å². The summed E-state index contributed by atoms with van der Waals surface area (Å²) in [5, 5.41) is 26.8. The van der Waals surface area contributed by atoms with E-state index in [0.717, 1.165) is 148 Å². The monoisotopic (exact) mass is 802 g/mol. The summed E-state index contributed by atoms with van der Waals surface area (Å²) in [4.78, 5) is 0. The minimum atomic E-state index is -0.0505. The minimum absolute atomic E-state index is 0.0505. The van der Waals surface area contributed by atoms with Crippen LogP contribution in [-0.4, -0.2) is 65.5 Å². The van der Waals surface area contributed by atoms with Crippen LogP contribution in [0.2, 0.25) is 0 Å². The Balaban J connectivity index is 1.09. The topological polar surface area (TPSA) is 108 Å². The van der Waals surface area contributed by atoms with E-state index >= 15 is 0 Å². The third kappa shape index (κ3) is 6.34. The second-order valence-electron chi connectivity index (χ2n) is 17.1. The fraction of sp³-hybridized carbons (Fsp3) is 0.417. The van der Waals surface area contributed by atoms with Crippen LogP contribution in [0.3, 0.4) is 0 Å². The molecule has 0 N–H and O–H groups in total. The Kier molecular flexibility index (Phi) is 9.27. The van der Waals surface area contributed by atoms with E-state index in [-0.39, 0.29) is 24.9 Å². The zero-order valence-corrected chi connectivity index (χ0v) is 33.9. The molecule has 0 saturated carbocycles. The number of hydrogen-bond donors (Lipinski definition) is 0. The largest absolute Gasteiger partial charge is 0.357 e. The predicted octanol–water partition coefficient (Wildman–Crippen LogP) is 10.8. The van der Waals surface area contributed by atoms with Crippen LogP contribution in [0.15, 0.2) is 86.0 Å². The lowest BCUT2D eigenvalue weighted by Crippen LogP contribution is -2.18. The lowest BCUT2D eigenvalue weighted by Gasteiger charge is -2.23. The maximum atomic E-state index is 6.19. The van der Waals surface area contributed by atoms with E-state index in [0.29, 0.717) is 0 Å². The molecule has 4 fully saturated rings. The van der Waals surface area contributed by atoms with Crippen LogP contribution in [0.5, 0.6) is 0 Å². The standard InChI is InChI=1S/C48H50N8O4/c1-5-17-57-43(9-1)53-27-31(23-49-53)39-21-40(32-24-50-54(28-32)44-10-2-6-18-58-44)36-15-16-38-42(34-26-52-56(30-34)46-12-4-8-20-60-46)22-41(37-14-13-35(39)47(36)48(37)38)33-25-51-55(29-33)45-11-3-7-19-59-45/h13-16,21-30,43-46H,1-12,17-20H2. The Morgan fingerprint density at radius 1 is 0.367 bits per heavy atom. The Hall–Kier alpha value is -5.40. The molecule has 8 heterocycles. The van der Waals surface area contributed by atoms with Crippen molar-refractivity contribution >= 4 is 32.3 Å². The second kappa shape index (κ2) is 15.3. The normalized spacial score (nSPS) is 23.0. The molecular formula is C48H50N8O4. The maximum absolute atomic E-state index is 6.19. The van der Waals surface area contributed by atoms with Gasteiger partial charge in [-0.3, -0.25) is 0 Å². The third-order valence-corrected chi connectivity index (χ3v) is 13.4. The minimum Gasteiger partial charge on any atom is -0.357 e. The fourth-order valence-electron chi connectivity index (χ4n) is 10.2. The molecule has 60 heavy (non-hydrogen) atoms. The molecule has 0 aliphatic carbocycles. The number of hydrogen-bond acceptors (Lipinski definition) is 8. The summed E-state index contributed by atoms with van der Waals surface area (Å²) in [5.74, 6) is 0. The lowest BCUT2D eigenvalue weighted by atomic mass is 9.83. The first-order chi connectivity index (χ1) is 29.7. The zero-order valence-electron chi connectivity index (χ0n) is 33.9. The van der Waals surface area contributed by atoms with Crippen molar-refractivity contribution in [1.82, 2.24) is 39.1 Å². The summed E-state index contributed by atoms with van der Waals surface area (Å²) < 4.78 is 32.8. The van der Waals surface area contributed by atoms with Crippen molar-refractivity contribution in [2.75, 3.05) is 26.4 Å². The Labute approximate surface area is 348 Å². The highest BCUT2D eigenvalue weighted by Crippen LogP contribution is 2.49. The van der Waals surface area contributed by atoms with Gasteiger partial charge in [0.15, 0.2) is 0 Å². The quantitative estimate of drug-likeness (QED) is 0.140. The van der Waals surface area contributed by atoms with Crippen molar-refractivity contribution < 1.29 is 18.9 Å². The third-order valence-electron chi connectivity index (χ3n) is 13.4. The molecule has 0 radical (unpaired) electrons. The van der Waals surface area contributed by atoms with Gasteiger partial charge in [-0.2, -0.15) is 20.4 Å². The smallest absolute Gasteiger partial charge is 0.150 e. The van der Waals surface area contributed by atoms with E-state index in [2.05, 4.69) is 61.2 Å². The summed E-state index contributed by atoms with van der Waals surface area (Å²) in [7, 11) is 0. The molecule has 4 aromatic heterocycles. The first-order valence-electron chi connectivity index (χ1n) is 22.2. The van der Waals surface area contributed by atoms with Crippen molar-refractivity contribution in [2.45, 2.75) is 102 Å². The highest BCUT2D eigenvalue weighted by atomic mass is 16.5. The van der Waals surface area contributed by atoms with Crippen LogP contribution < -0.4 is 0 Å². The average molecular weight is 803 g/mol. The molecule has 12 rings (SSSR count). The van der Waals surface area contributed by atoms with Gasteiger partial charge < -0.3 is 18.9 Å². The van der Waals surface area contributed by atoms with E-state index in [1.165, 1.54) is 32.3 Å². The molecule has 4 unspecified atom stereocenters. The predicted molar refractivity (Wildman–Crippen MR) is 230 cm³/mol. The first-order valence-corrected chi connectivity index (χ1v) is 22.2. The van der Waals surface area contributed by atoms with Gasteiger partial charge in [0, 0.05) is 73.5 Å². The van der Waals surface area contributed by atoms with Crippen LogP contribution in [-0.2, 0) is 18.9 Å². The molecule has 0 bridgehead atoms. The van der Waals surface area contributed by atoms with Crippen LogP contribution in [0.25, 0.3) is 76.8 Å². The van der Waals surface area contributed by atoms with Crippen LogP contribution in [0, 0.1) is 0 Å². The molecule has 8 aromatic rings. The highest BCUT2D eigenvalue weighted by molar-refractivity contribution is 6.31. The van der Waals surface area contributed by atoms with Crippen LogP contribution in [0.1, 0.15) is 102 Å². The molecule has 4 aromatic carbocycles. The second-order valence-corrected chi connectivity index (χ2v) is 17.1. The summed E-state index contributed by atoms with van der Waals surface area (Å²) in [6.45, 7) is 3.06. The molecule has 4 saturated heterocycles. The number of aromatic nitrogens is 8. The van der Waals surface area contributed by atoms with Crippen LogP contribution in [0.4, 0.5) is 0 Å². The molecule has 12 heteroatoms. The van der Waals surface area contributed by atoms with Crippen molar-refractivity contribution in [3.63, 3.8) is 0 Å². The number of ether oxygens (including phenoxy) is 4. The zero-order chi connectivity index (χ0) is 39.6. The molecular weight excluding hydrogens is 753 g/mol. The number of nitrogens with zero attached hydrogens (tertiary/aromatic N) is 8. The molecule has 4 aliphatic rings. The van der Waals surface area contributed by atoms with Crippen LogP contribution >= 0.6 is 0 Å². The van der Waals surface area contributed by atoms with E-state index < -0.39 is 0 Å². The van der Waals surface area contributed by atoms with Crippen molar-refractivity contribution in [3.8, 4) is 44.5 Å². The van der Waals surface area contributed by atoms with Gasteiger partial charge in [0.1, 0.15) is 24.9 Å². The molecule has 0 amide bonds. The number of benzene rings is 4. The first kappa shape index (κ1) is 36.5. The highest BCUT2D eigenvalue weighted by Gasteiger charge is 2.26. The molecule has 306 valence electrons. The van der Waals surface area contributed by atoms with Gasteiger partial charge in [-0.15, -0.1) is 0 Å². The number of rotatable bonds is 8. The molecule has 0 spiro atoms. The van der Waals surface area contributed by atoms with Gasteiger partial charge in [-0.1, -0.05) is 24.3 Å². The van der Waals surface area contributed by atoms with Gasteiger partial charge in [0.05, 0.1) is 24.8 Å². The summed E-state index contributed by atoms with van der Waals surface area (Å²) in [6.07, 6.45) is 29.3. The van der Waals surface area contributed by atoms with E-state index in [9.17, 15) is 0 Å². The van der Waals surface area contributed by atoms with Gasteiger partial charge in [0.2, 0.25) is 0 Å². The molecule has 12 nitrogen and oxygen atoms in total. The van der Waals surface area contributed by atoms with Gasteiger partial charge >= 0.3 is 0 Å².